The molecule has 0 unspecified atom stereocenters. The largest absolute Gasteiger partial charge is 0.493 e. The minimum Gasteiger partial charge on any atom is -0.493 e. The van der Waals surface area contributed by atoms with Gasteiger partial charge in [-0.3, -0.25) is 10.1 Å². The molecule has 9 nitrogen and oxygen atoms in total. The second-order valence-corrected chi connectivity index (χ2v) is 6.70. The van der Waals surface area contributed by atoms with Crippen LogP contribution in [0.5, 0.6) is 17.2 Å². The molecule has 0 bridgehead atoms. The number of thiocarbonyl (C=S) groups is 1. The fourth-order valence-corrected chi connectivity index (χ4v) is 3.25. The van der Waals surface area contributed by atoms with Gasteiger partial charge in [-0.25, -0.2) is 4.79 Å². The highest BCUT2D eigenvalue weighted by Crippen LogP contribution is 2.39. The zero-order valence-corrected chi connectivity index (χ0v) is 17.3. The molecule has 0 atom stereocenters. The molecule has 30 heavy (non-hydrogen) atoms. The summed E-state index contributed by atoms with van der Waals surface area (Å²) in [7, 11) is 2.86. The number of methoxy groups -OCH3 is 2. The summed E-state index contributed by atoms with van der Waals surface area (Å²) in [5, 5.41) is 11.0. The van der Waals surface area contributed by atoms with Crippen molar-refractivity contribution in [1.82, 2.24) is 4.90 Å². The Labute approximate surface area is 178 Å². The van der Waals surface area contributed by atoms with Crippen LogP contribution in [0.3, 0.4) is 0 Å². The van der Waals surface area contributed by atoms with Crippen LogP contribution in [0.1, 0.15) is 15.9 Å². The third-order valence-electron chi connectivity index (χ3n) is 4.49. The van der Waals surface area contributed by atoms with Gasteiger partial charge in [0.25, 0.3) is 5.69 Å². The van der Waals surface area contributed by atoms with Gasteiger partial charge in [0.1, 0.15) is 4.99 Å². The Morgan fingerprint density at radius 3 is 2.30 bits per heavy atom. The maximum absolute atomic E-state index is 12.6. The van der Waals surface area contributed by atoms with E-state index in [1.54, 1.807) is 12.1 Å². The molecule has 1 saturated heterocycles. The first-order valence-corrected chi connectivity index (χ1v) is 9.45. The first kappa shape index (κ1) is 21.5. The maximum Gasteiger partial charge on any atom is 0.344 e. The van der Waals surface area contributed by atoms with Crippen molar-refractivity contribution in [3.05, 3.63) is 57.6 Å². The van der Waals surface area contributed by atoms with E-state index in [-0.39, 0.29) is 28.5 Å². The molecule has 0 N–H and O–H groups in total. The summed E-state index contributed by atoms with van der Waals surface area (Å²) in [4.78, 5) is 25.6. The summed E-state index contributed by atoms with van der Waals surface area (Å²) < 4.78 is 21.6. The molecule has 10 heteroatoms. The molecule has 0 saturated carbocycles. The van der Waals surface area contributed by atoms with Crippen LogP contribution in [0.4, 0.5) is 5.69 Å². The Bertz CT molecular complexity index is 948. The molecular weight excluding hydrogens is 412 g/mol. The topological polar surface area (TPSA) is 100 Å². The maximum atomic E-state index is 12.6. The predicted molar refractivity (Wildman–Crippen MR) is 112 cm³/mol. The van der Waals surface area contributed by atoms with Crippen molar-refractivity contribution in [3.63, 3.8) is 0 Å². The summed E-state index contributed by atoms with van der Waals surface area (Å²) in [5.74, 6) is -0.221. The summed E-state index contributed by atoms with van der Waals surface area (Å²) in [6, 6.07) is 8.60. The molecule has 1 aliphatic heterocycles. The van der Waals surface area contributed by atoms with Crippen LogP contribution >= 0.6 is 12.2 Å². The van der Waals surface area contributed by atoms with Crippen molar-refractivity contribution < 1.29 is 28.7 Å². The van der Waals surface area contributed by atoms with Crippen molar-refractivity contribution in [2.75, 3.05) is 40.5 Å². The van der Waals surface area contributed by atoms with Gasteiger partial charge in [-0.1, -0.05) is 18.3 Å². The van der Waals surface area contributed by atoms with E-state index in [0.717, 1.165) is 6.07 Å². The van der Waals surface area contributed by atoms with E-state index < -0.39 is 10.9 Å². The van der Waals surface area contributed by atoms with Crippen molar-refractivity contribution >= 4 is 28.9 Å². The van der Waals surface area contributed by atoms with Crippen LogP contribution in [0, 0.1) is 10.1 Å². The quantitative estimate of drug-likeness (QED) is 0.224. The molecule has 0 aromatic heterocycles. The van der Waals surface area contributed by atoms with Gasteiger partial charge in [-0.05, 0) is 18.2 Å². The Hall–Kier alpha value is -3.24. The molecule has 2 aromatic carbocycles. The van der Waals surface area contributed by atoms with E-state index in [2.05, 4.69) is 0 Å². The van der Waals surface area contributed by atoms with Crippen LogP contribution in [0.2, 0.25) is 0 Å². The molecule has 2 aromatic rings. The second kappa shape index (κ2) is 9.51. The lowest BCUT2D eigenvalue weighted by molar-refractivity contribution is -0.384. The molecule has 3 rings (SSSR count). The van der Waals surface area contributed by atoms with Crippen LogP contribution in [0.15, 0.2) is 36.4 Å². The van der Waals surface area contributed by atoms with Crippen molar-refractivity contribution in [2.24, 2.45) is 0 Å². The number of hydrogen-bond donors (Lipinski definition) is 0. The minimum absolute atomic E-state index is 0.0289. The molecule has 1 fully saturated rings. The SMILES string of the molecule is COc1cc(C(=S)N2CCOCC2)cc(OC)c1OC(=O)c1cccc([N+](=O)[O-])c1. The summed E-state index contributed by atoms with van der Waals surface area (Å²) in [6.07, 6.45) is 0. The van der Waals surface area contributed by atoms with Gasteiger partial charge >= 0.3 is 5.97 Å². The van der Waals surface area contributed by atoms with E-state index in [4.69, 9.17) is 31.2 Å². The number of nitro groups is 1. The molecule has 1 aliphatic rings. The van der Waals surface area contributed by atoms with Gasteiger partial charge in [-0.15, -0.1) is 0 Å². The van der Waals surface area contributed by atoms with Gasteiger partial charge < -0.3 is 23.8 Å². The Morgan fingerprint density at radius 1 is 1.10 bits per heavy atom. The van der Waals surface area contributed by atoms with Gasteiger partial charge in [-0.2, -0.15) is 0 Å². The van der Waals surface area contributed by atoms with Gasteiger partial charge in [0, 0.05) is 30.8 Å². The number of morpholine rings is 1. The van der Waals surface area contributed by atoms with Gasteiger partial charge in [0.15, 0.2) is 11.5 Å². The third kappa shape index (κ3) is 4.66. The number of carbonyl (C=O) groups excluding carboxylic acids is 1. The standard InChI is InChI=1S/C20H20N2O7S/c1-26-16-11-14(19(30)21-6-8-28-9-7-21)12-17(27-2)18(16)29-20(23)13-4-3-5-15(10-13)22(24)25/h3-5,10-12H,6-9H2,1-2H3. The first-order valence-electron chi connectivity index (χ1n) is 9.04. The molecule has 0 radical (unpaired) electrons. The minimum atomic E-state index is -0.779. The summed E-state index contributed by atoms with van der Waals surface area (Å²) >= 11 is 5.59. The smallest absolute Gasteiger partial charge is 0.344 e. The Kier molecular flexibility index (Phi) is 6.80. The zero-order chi connectivity index (χ0) is 21.7. The van der Waals surface area contributed by atoms with E-state index in [1.807, 2.05) is 4.90 Å². The number of non-ortho nitro benzene ring substituents is 1. The predicted octanol–water partition coefficient (Wildman–Crippen LogP) is 2.84. The van der Waals surface area contributed by atoms with E-state index in [1.165, 1.54) is 32.4 Å². The number of esters is 1. The van der Waals surface area contributed by atoms with Crippen LogP contribution in [0.25, 0.3) is 0 Å². The Morgan fingerprint density at radius 2 is 1.73 bits per heavy atom. The average Bonchev–Trinajstić information content (AvgIpc) is 2.79. The molecule has 0 amide bonds. The lowest BCUT2D eigenvalue weighted by atomic mass is 10.1. The van der Waals surface area contributed by atoms with Crippen molar-refractivity contribution in [1.29, 1.82) is 0 Å². The van der Waals surface area contributed by atoms with Gasteiger partial charge in [0.05, 0.1) is 37.9 Å². The lowest BCUT2D eigenvalue weighted by Gasteiger charge is -2.29. The third-order valence-corrected chi connectivity index (χ3v) is 4.99. The molecule has 0 spiro atoms. The van der Waals surface area contributed by atoms with E-state index >= 15 is 0 Å². The number of ether oxygens (including phenoxy) is 4. The first-order chi connectivity index (χ1) is 14.4. The fourth-order valence-electron chi connectivity index (χ4n) is 2.95. The average molecular weight is 432 g/mol. The Balaban J connectivity index is 1.90. The number of nitrogens with zero attached hydrogens (tertiary/aromatic N) is 2. The number of hydrogen-bond acceptors (Lipinski definition) is 8. The van der Waals surface area contributed by atoms with E-state index in [0.29, 0.717) is 36.9 Å². The molecular formula is C20H20N2O7S. The number of carbonyl (C=O) groups is 1. The van der Waals surface area contributed by atoms with Gasteiger partial charge in [0.2, 0.25) is 5.75 Å². The highest BCUT2D eigenvalue weighted by molar-refractivity contribution is 7.80. The molecule has 0 aliphatic carbocycles. The second-order valence-electron chi connectivity index (χ2n) is 6.31. The summed E-state index contributed by atoms with van der Waals surface area (Å²) in [6.45, 7) is 2.53. The summed E-state index contributed by atoms with van der Waals surface area (Å²) in [5.41, 5.74) is 0.492. The van der Waals surface area contributed by atoms with Crippen molar-refractivity contribution in [2.45, 2.75) is 0 Å². The normalized spacial score (nSPS) is 13.5. The van der Waals surface area contributed by atoms with Crippen LogP contribution in [-0.4, -0.2) is 61.3 Å². The fraction of sp³-hybridized carbons (Fsp3) is 0.300. The molecule has 158 valence electrons. The number of benzene rings is 2. The zero-order valence-electron chi connectivity index (χ0n) is 16.5. The van der Waals surface area contributed by atoms with Crippen molar-refractivity contribution in [3.8, 4) is 17.2 Å². The highest BCUT2D eigenvalue weighted by atomic mass is 32.1. The monoisotopic (exact) mass is 432 g/mol. The number of rotatable bonds is 6. The van der Waals surface area contributed by atoms with Crippen LogP contribution < -0.4 is 14.2 Å². The molecule has 1 heterocycles. The van der Waals surface area contributed by atoms with Crippen LogP contribution in [-0.2, 0) is 4.74 Å². The number of nitro benzene ring substituents is 1. The van der Waals surface area contributed by atoms with E-state index in [9.17, 15) is 14.9 Å². The lowest BCUT2D eigenvalue weighted by Crippen LogP contribution is -2.40. The highest BCUT2D eigenvalue weighted by Gasteiger charge is 2.23.